The Morgan fingerprint density at radius 2 is 1.56 bits per heavy atom. The van der Waals surface area contributed by atoms with Gasteiger partial charge in [-0.05, 0) is 107 Å². The highest BCUT2D eigenvalue weighted by Crippen LogP contribution is 2.38. The Kier molecular flexibility index (Phi) is 16.5. The zero-order chi connectivity index (χ0) is 42.0. The maximum atomic E-state index is 14.1. The number of carboxylic acids is 3. The van der Waals surface area contributed by atoms with Crippen molar-refractivity contribution in [2.24, 2.45) is 0 Å². The third-order valence-corrected chi connectivity index (χ3v) is 12.3. The van der Waals surface area contributed by atoms with Gasteiger partial charge in [0.05, 0.1) is 50.8 Å². The Labute approximate surface area is 351 Å². The molecule has 1 unspecified atom stereocenters. The molecule has 1 heterocycles. The molecule has 4 aromatic carbocycles. The van der Waals surface area contributed by atoms with Crippen molar-refractivity contribution in [1.29, 1.82) is 0 Å². The van der Waals surface area contributed by atoms with E-state index in [4.69, 9.17) is 48.4 Å². The van der Waals surface area contributed by atoms with Crippen LogP contribution in [0.5, 0.6) is 5.75 Å². The van der Waals surface area contributed by atoms with Gasteiger partial charge in [-0.1, -0.05) is 71.7 Å². The van der Waals surface area contributed by atoms with Crippen molar-refractivity contribution in [3.63, 3.8) is 0 Å². The number of benzene rings is 4. The minimum Gasteiger partial charge on any atom is -0.495 e. The van der Waals surface area contributed by atoms with Gasteiger partial charge in [-0.2, -0.15) is 0 Å². The summed E-state index contributed by atoms with van der Waals surface area (Å²) in [5, 5.41) is 36.7. The number of hydrogen-bond acceptors (Lipinski definition) is 8. The third kappa shape index (κ3) is 12.0. The van der Waals surface area contributed by atoms with Gasteiger partial charge in [0.25, 0.3) is 5.91 Å². The molecule has 306 valence electrons. The van der Waals surface area contributed by atoms with E-state index in [0.717, 1.165) is 64.6 Å². The number of aliphatic carboxylic acids is 3. The number of hydrogen-bond donors (Lipinski definition) is 4. The zero-order valence-electron chi connectivity index (χ0n) is 31.6. The molecule has 2 atom stereocenters. The molecule has 4 N–H and O–H groups in total. The lowest BCUT2D eigenvalue weighted by Gasteiger charge is -2.34. The molecule has 12 nitrogen and oxygen atoms in total. The van der Waals surface area contributed by atoms with E-state index in [1.807, 2.05) is 73.8 Å². The van der Waals surface area contributed by atoms with Gasteiger partial charge >= 0.3 is 17.9 Å². The van der Waals surface area contributed by atoms with Crippen LogP contribution in [-0.4, -0.2) is 110 Å². The fourth-order valence-corrected chi connectivity index (χ4v) is 8.79. The fraction of sp³-hybridized carbons (Fsp3) is 0.366. The Balaban J connectivity index is 0.000000476. The number of aliphatic hydroxyl groups is 1. The lowest BCUT2D eigenvalue weighted by atomic mass is 9.88. The van der Waals surface area contributed by atoms with Crippen LogP contribution in [0.1, 0.15) is 65.4 Å². The Hall–Kier alpha value is -4.05. The summed E-state index contributed by atoms with van der Waals surface area (Å²) in [4.78, 5) is 49.8. The average Bonchev–Trinajstić information content (AvgIpc) is 3.16. The van der Waals surface area contributed by atoms with Gasteiger partial charge in [-0.3, -0.25) is 18.6 Å². The molecule has 1 fully saturated rings. The van der Waals surface area contributed by atoms with Crippen LogP contribution in [0.15, 0.2) is 82.2 Å². The van der Waals surface area contributed by atoms with Gasteiger partial charge in [0.15, 0.2) is 5.60 Å². The quantitative estimate of drug-likeness (QED) is 0.0926. The summed E-state index contributed by atoms with van der Waals surface area (Å²) >= 11 is 16.3. The number of fused-ring (bicyclic) bond motifs is 1. The summed E-state index contributed by atoms with van der Waals surface area (Å²) in [6, 6.07) is 23.8. The molecule has 0 spiro atoms. The number of ether oxygens (including phenoxy) is 1. The van der Waals surface area contributed by atoms with Crippen LogP contribution in [-0.2, 0) is 25.2 Å². The number of carboxylic acid groups (broad SMARTS) is 3. The van der Waals surface area contributed by atoms with Crippen LogP contribution >= 0.6 is 39.1 Å². The summed E-state index contributed by atoms with van der Waals surface area (Å²) in [5.74, 6) is -4.13. The molecule has 1 saturated heterocycles. The van der Waals surface area contributed by atoms with Crippen LogP contribution in [0.2, 0.25) is 10.0 Å². The van der Waals surface area contributed by atoms with E-state index in [2.05, 4.69) is 26.9 Å². The number of likely N-dealkylation sites (N-methyl/N-ethyl adjacent to an activating group) is 1. The van der Waals surface area contributed by atoms with E-state index in [9.17, 15) is 23.4 Å². The Bertz CT molecular complexity index is 2110. The van der Waals surface area contributed by atoms with Gasteiger partial charge in [0.2, 0.25) is 0 Å². The number of nitrogens with zero attached hydrogens (tertiary/aromatic N) is 2. The largest absolute Gasteiger partial charge is 0.495 e. The second-order valence-electron chi connectivity index (χ2n) is 13.9. The molecule has 5 rings (SSSR count). The number of halogens is 3. The van der Waals surface area contributed by atoms with E-state index in [1.54, 1.807) is 18.3 Å². The summed E-state index contributed by atoms with van der Waals surface area (Å²) < 4.78 is 18.8. The van der Waals surface area contributed by atoms with Gasteiger partial charge in [-0.15, -0.1) is 0 Å². The lowest BCUT2D eigenvalue weighted by molar-refractivity contribution is -0.170. The summed E-state index contributed by atoms with van der Waals surface area (Å²) in [7, 11) is 2.44. The van der Waals surface area contributed by atoms with Crippen molar-refractivity contribution in [1.82, 2.24) is 9.80 Å². The third-order valence-electron chi connectivity index (χ3n) is 9.97. The van der Waals surface area contributed by atoms with Gasteiger partial charge in [-0.25, -0.2) is 4.79 Å². The van der Waals surface area contributed by atoms with Gasteiger partial charge in [0, 0.05) is 30.7 Å². The molecule has 0 radical (unpaired) electrons. The summed E-state index contributed by atoms with van der Waals surface area (Å²) in [6.07, 6.45) is 2.38. The standard InChI is InChI=1S/C35H37BrCl2N2O3S.C6H8O7/c1-39(35(41)33-28-10-5-4-8-25(28)20-29(36)34(33)43-2)22-26(24-12-13-30(37)31(38)21-24)16-19-40-17-14-23(15-18-40)27-9-6-7-11-32(27)44(3)42;7-3(8)1-6(13,5(11)12)2-4(9)10/h4-13,20-21,23,26H,14-19,22H2,1-3H3;13H,1-2H2,(H,7,8)(H,9,10)(H,11,12)/t26?,44-;/m0./s1. The van der Waals surface area contributed by atoms with Crippen molar-refractivity contribution in [2.45, 2.75) is 54.4 Å². The molecule has 4 aromatic rings. The Morgan fingerprint density at radius 3 is 2.14 bits per heavy atom. The summed E-state index contributed by atoms with van der Waals surface area (Å²) in [6.45, 7) is 3.34. The van der Waals surface area contributed by atoms with Crippen molar-refractivity contribution >= 4 is 84.5 Å². The smallest absolute Gasteiger partial charge is 0.336 e. The second-order valence-corrected chi connectivity index (χ2v) is 16.9. The number of amides is 1. The first-order valence-corrected chi connectivity index (χ1v) is 21.1. The molecule has 0 bridgehead atoms. The lowest BCUT2D eigenvalue weighted by Crippen LogP contribution is -2.42. The molecule has 1 amide bonds. The molecule has 1 aliphatic heterocycles. The van der Waals surface area contributed by atoms with Crippen molar-refractivity contribution in [2.75, 3.05) is 46.6 Å². The Morgan fingerprint density at radius 1 is 0.947 bits per heavy atom. The SMILES string of the molecule is COc1c(Br)cc2ccccc2c1C(=O)N(C)CC(CCN1CCC(c2ccccc2[S@](C)=O)CC1)c1ccc(Cl)c(Cl)c1.O=C(O)CC(O)(CC(=O)O)C(=O)O. The van der Waals surface area contributed by atoms with Crippen LogP contribution in [0.3, 0.4) is 0 Å². The minimum atomic E-state index is -2.74. The number of carbonyl (C=O) groups is 4. The van der Waals surface area contributed by atoms with E-state index in [0.29, 0.717) is 33.8 Å². The number of rotatable bonds is 15. The van der Waals surface area contributed by atoms with Gasteiger partial charge in [0.1, 0.15) is 5.75 Å². The first kappa shape index (κ1) is 45.6. The zero-order valence-corrected chi connectivity index (χ0v) is 35.5. The van der Waals surface area contributed by atoms with E-state index in [-0.39, 0.29) is 11.8 Å². The van der Waals surface area contributed by atoms with Crippen molar-refractivity contribution in [3.8, 4) is 5.75 Å². The molecule has 1 aliphatic rings. The van der Waals surface area contributed by atoms with Crippen LogP contribution < -0.4 is 4.74 Å². The monoisotopic (exact) mass is 906 g/mol. The number of piperidine rings is 1. The second kappa shape index (κ2) is 20.6. The van der Waals surface area contributed by atoms with Crippen LogP contribution in [0.25, 0.3) is 10.8 Å². The molecule has 0 aromatic heterocycles. The molecule has 57 heavy (non-hydrogen) atoms. The molecular weight excluding hydrogens is 863 g/mol. The first-order chi connectivity index (χ1) is 26.9. The van der Waals surface area contributed by atoms with E-state index < -0.39 is 47.2 Å². The van der Waals surface area contributed by atoms with Gasteiger partial charge < -0.3 is 35.0 Å². The number of likely N-dealkylation sites (tertiary alicyclic amines) is 1. The highest BCUT2D eigenvalue weighted by Gasteiger charge is 2.41. The maximum absolute atomic E-state index is 14.1. The average molecular weight is 909 g/mol. The fourth-order valence-electron chi connectivity index (χ4n) is 7.04. The predicted octanol–water partition coefficient (Wildman–Crippen LogP) is 7.53. The highest BCUT2D eigenvalue weighted by molar-refractivity contribution is 9.10. The molecular formula is C41H45BrCl2N2O10S. The predicted molar refractivity (Wildman–Crippen MR) is 223 cm³/mol. The number of methoxy groups -OCH3 is 1. The van der Waals surface area contributed by atoms with Crippen molar-refractivity contribution < 1.29 is 48.6 Å². The highest BCUT2D eigenvalue weighted by atomic mass is 79.9. The topological polar surface area (TPSA) is 182 Å². The van der Waals surface area contributed by atoms with E-state index >= 15 is 0 Å². The number of carbonyl (C=O) groups excluding carboxylic acids is 1. The van der Waals surface area contributed by atoms with Crippen LogP contribution in [0, 0.1) is 0 Å². The first-order valence-electron chi connectivity index (χ1n) is 17.9. The van der Waals surface area contributed by atoms with E-state index in [1.165, 1.54) is 5.56 Å². The normalized spacial score (nSPS) is 14.6. The molecule has 16 heteroatoms. The molecule has 0 saturated carbocycles. The van der Waals surface area contributed by atoms with Crippen LogP contribution in [0.4, 0.5) is 0 Å². The minimum absolute atomic E-state index is 0.0455. The van der Waals surface area contributed by atoms with Crippen molar-refractivity contribution in [3.05, 3.63) is 104 Å². The maximum Gasteiger partial charge on any atom is 0.336 e. The molecule has 0 aliphatic carbocycles. The summed E-state index contributed by atoms with van der Waals surface area (Å²) in [5.41, 5.74) is 0.0809.